The minimum absolute atomic E-state index is 0.000509. The first-order valence-corrected chi connectivity index (χ1v) is 7.54. The van der Waals surface area contributed by atoms with Crippen molar-refractivity contribution in [2.45, 2.75) is 31.3 Å². The quantitative estimate of drug-likeness (QED) is 0.818. The molecule has 0 aromatic heterocycles. The van der Waals surface area contributed by atoms with Gasteiger partial charge in [-0.1, -0.05) is 0 Å². The number of halogens is 1. The highest BCUT2D eigenvalue weighted by Gasteiger charge is 2.37. The van der Waals surface area contributed by atoms with Gasteiger partial charge in [-0.15, -0.1) is 0 Å². The van der Waals surface area contributed by atoms with Crippen LogP contribution in [0.2, 0.25) is 0 Å². The van der Waals surface area contributed by atoms with Gasteiger partial charge >= 0.3 is 0 Å². The Morgan fingerprint density at radius 2 is 2.21 bits per heavy atom. The van der Waals surface area contributed by atoms with E-state index >= 15 is 0 Å². The molecule has 2 aliphatic heterocycles. The number of nitrogens with zero attached hydrogens (tertiary/aromatic N) is 1. The predicted molar refractivity (Wildman–Crippen MR) is 79.0 cm³/mol. The summed E-state index contributed by atoms with van der Waals surface area (Å²) in [6, 6.07) is 6.16. The lowest BCUT2D eigenvalue weighted by molar-refractivity contribution is 0.0929. The van der Waals surface area contributed by atoms with E-state index in [2.05, 4.69) is 26.1 Å². The number of carbonyl (C=O) groups is 1. The van der Waals surface area contributed by atoms with E-state index < -0.39 is 0 Å². The number of hydrogen-bond donors (Lipinski definition) is 2. The molecule has 5 heteroatoms. The van der Waals surface area contributed by atoms with E-state index in [0.717, 1.165) is 17.4 Å². The molecule has 4 nitrogen and oxygen atoms in total. The Kier molecular flexibility index (Phi) is 3.50. The topological polar surface area (TPSA) is 58.4 Å². The third kappa shape index (κ3) is 2.49. The van der Waals surface area contributed by atoms with Gasteiger partial charge in [-0.3, -0.25) is 9.69 Å². The third-order valence-corrected chi connectivity index (χ3v) is 4.87. The van der Waals surface area contributed by atoms with Crippen molar-refractivity contribution in [2.75, 3.05) is 18.8 Å². The fourth-order valence-electron chi connectivity index (χ4n) is 3.17. The smallest absolute Gasteiger partial charge is 0.251 e. The fraction of sp³-hybridized carbons (Fsp3) is 0.500. The molecule has 1 aromatic carbocycles. The maximum Gasteiger partial charge on any atom is 0.251 e. The van der Waals surface area contributed by atoms with Crippen molar-refractivity contribution in [2.24, 2.45) is 0 Å². The number of rotatable bonds is 2. The number of nitrogen functional groups attached to an aromatic ring is 1. The van der Waals surface area contributed by atoms with Crippen LogP contribution in [0.4, 0.5) is 5.69 Å². The van der Waals surface area contributed by atoms with E-state index in [1.807, 2.05) is 0 Å². The molecule has 2 aliphatic rings. The lowest BCUT2D eigenvalue weighted by Crippen LogP contribution is -2.42. The molecule has 0 saturated carbocycles. The monoisotopic (exact) mass is 323 g/mol. The molecular weight excluding hydrogens is 306 g/mol. The number of fused-ring (bicyclic) bond motifs is 1. The summed E-state index contributed by atoms with van der Waals surface area (Å²) < 4.78 is 0.772. The Bertz CT molecular complexity index is 505. The first kappa shape index (κ1) is 12.9. The molecule has 2 unspecified atom stereocenters. The summed E-state index contributed by atoms with van der Waals surface area (Å²) in [5, 5.41) is 3.17. The Labute approximate surface area is 121 Å². The van der Waals surface area contributed by atoms with E-state index in [1.165, 1.54) is 19.4 Å². The molecule has 0 radical (unpaired) electrons. The molecule has 1 amide bonds. The molecular formula is C14H18BrN3O. The Balaban J connectivity index is 1.69. The zero-order chi connectivity index (χ0) is 13.4. The van der Waals surface area contributed by atoms with Crippen LogP contribution in [0.25, 0.3) is 0 Å². The van der Waals surface area contributed by atoms with Crippen LogP contribution < -0.4 is 11.1 Å². The summed E-state index contributed by atoms with van der Waals surface area (Å²) in [7, 11) is 0. The van der Waals surface area contributed by atoms with Crippen LogP contribution in [-0.4, -0.2) is 36.0 Å². The second-order valence-corrected chi connectivity index (χ2v) is 6.20. The summed E-state index contributed by atoms with van der Waals surface area (Å²) in [6.45, 7) is 2.30. The van der Waals surface area contributed by atoms with Gasteiger partial charge in [-0.25, -0.2) is 0 Å². The second kappa shape index (κ2) is 5.13. The molecule has 0 bridgehead atoms. The highest BCUT2D eigenvalue weighted by atomic mass is 79.9. The largest absolute Gasteiger partial charge is 0.398 e. The summed E-state index contributed by atoms with van der Waals surface area (Å²) in [6.07, 6.45) is 3.52. The van der Waals surface area contributed by atoms with Gasteiger partial charge in [0.05, 0.1) is 0 Å². The minimum Gasteiger partial charge on any atom is -0.398 e. The fourth-order valence-corrected chi connectivity index (χ4v) is 3.55. The lowest BCUT2D eigenvalue weighted by atomic mass is 10.1. The Morgan fingerprint density at radius 1 is 1.37 bits per heavy atom. The van der Waals surface area contributed by atoms with Crippen LogP contribution in [0.15, 0.2) is 22.7 Å². The van der Waals surface area contributed by atoms with E-state index in [4.69, 9.17) is 5.73 Å². The van der Waals surface area contributed by atoms with Crippen LogP contribution in [0.1, 0.15) is 29.6 Å². The summed E-state index contributed by atoms with van der Waals surface area (Å²) >= 11 is 3.36. The molecule has 19 heavy (non-hydrogen) atoms. The molecule has 2 atom stereocenters. The van der Waals surface area contributed by atoms with Crippen molar-refractivity contribution in [1.82, 2.24) is 10.2 Å². The van der Waals surface area contributed by atoms with E-state index in [0.29, 0.717) is 23.3 Å². The molecule has 0 spiro atoms. The van der Waals surface area contributed by atoms with Crippen molar-refractivity contribution >= 4 is 27.5 Å². The normalized spacial score (nSPS) is 26.4. The van der Waals surface area contributed by atoms with Crippen molar-refractivity contribution in [3.8, 4) is 0 Å². The summed E-state index contributed by atoms with van der Waals surface area (Å²) in [5.41, 5.74) is 7.05. The second-order valence-electron chi connectivity index (χ2n) is 5.35. The zero-order valence-corrected chi connectivity index (χ0v) is 12.3. The number of nitrogens with one attached hydrogen (secondary N) is 1. The van der Waals surface area contributed by atoms with Crippen molar-refractivity contribution in [3.63, 3.8) is 0 Å². The summed E-state index contributed by atoms with van der Waals surface area (Å²) in [5.74, 6) is -0.000509. The predicted octanol–water partition coefficient (Wildman–Crippen LogP) is 2.00. The van der Waals surface area contributed by atoms with Crippen LogP contribution >= 0.6 is 15.9 Å². The van der Waals surface area contributed by atoms with E-state index in [-0.39, 0.29) is 5.91 Å². The van der Waals surface area contributed by atoms with E-state index in [1.54, 1.807) is 18.2 Å². The van der Waals surface area contributed by atoms with Crippen LogP contribution in [0, 0.1) is 0 Å². The summed E-state index contributed by atoms with van der Waals surface area (Å²) in [4.78, 5) is 14.8. The zero-order valence-electron chi connectivity index (χ0n) is 10.7. The molecule has 102 valence electrons. The first-order valence-electron chi connectivity index (χ1n) is 6.75. The number of nitrogens with two attached hydrogens (primary N) is 1. The molecule has 0 aliphatic carbocycles. The maximum absolute atomic E-state index is 12.3. The van der Waals surface area contributed by atoms with Gasteiger partial charge in [0.15, 0.2) is 0 Å². The standard InChI is InChI=1S/C14H18BrN3O/c15-10-8-9(3-4-11(10)16)14(19)17-12-5-7-18-6-1-2-13(12)18/h3-4,8,12-13H,1-2,5-7,16H2,(H,17,19). The van der Waals surface area contributed by atoms with Crippen LogP contribution in [-0.2, 0) is 0 Å². The third-order valence-electron chi connectivity index (χ3n) is 4.19. The van der Waals surface area contributed by atoms with Gasteiger partial charge in [0, 0.05) is 34.4 Å². The van der Waals surface area contributed by atoms with Crippen molar-refractivity contribution in [1.29, 1.82) is 0 Å². The number of anilines is 1. The van der Waals surface area contributed by atoms with Crippen LogP contribution in [0.5, 0.6) is 0 Å². The molecule has 3 N–H and O–H groups in total. The highest BCUT2D eigenvalue weighted by Crippen LogP contribution is 2.28. The van der Waals surface area contributed by atoms with Gasteiger partial charge in [0.25, 0.3) is 5.91 Å². The number of carbonyl (C=O) groups excluding carboxylic acids is 1. The van der Waals surface area contributed by atoms with Gasteiger partial charge in [-0.2, -0.15) is 0 Å². The average molecular weight is 324 g/mol. The molecule has 3 rings (SSSR count). The molecule has 2 saturated heterocycles. The number of amides is 1. The number of hydrogen-bond acceptors (Lipinski definition) is 3. The molecule has 2 fully saturated rings. The Morgan fingerprint density at radius 3 is 3.00 bits per heavy atom. The lowest BCUT2D eigenvalue weighted by Gasteiger charge is -2.21. The molecule has 2 heterocycles. The van der Waals surface area contributed by atoms with E-state index in [9.17, 15) is 4.79 Å². The first-order chi connectivity index (χ1) is 9.15. The van der Waals surface area contributed by atoms with Gasteiger partial charge < -0.3 is 11.1 Å². The van der Waals surface area contributed by atoms with Crippen LogP contribution in [0.3, 0.4) is 0 Å². The van der Waals surface area contributed by atoms with Gasteiger partial charge in [0.2, 0.25) is 0 Å². The maximum atomic E-state index is 12.3. The highest BCUT2D eigenvalue weighted by molar-refractivity contribution is 9.10. The minimum atomic E-state index is -0.000509. The van der Waals surface area contributed by atoms with Gasteiger partial charge in [-0.05, 0) is 59.9 Å². The van der Waals surface area contributed by atoms with Crippen molar-refractivity contribution in [3.05, 3.63) is 28.2 Å². The average Bonchev–Trinajstić information content (AvgIpc) is 2.97. The SMILES string of the molecule is Nc1ccc(C(=O)NC2CCN3CCCC23)cc1Br. The van der Waals surface area contributed by atoms with Gasteiger partial charge in [0.1, 0.15) is 0 Å². The van der Waals surface area contributed by atoms with Crippen molar-refractivity contribution < 1.29 is 4.79 Å². The Hall–Kier alpha value is -1.07. The number of benzene rings is 1. The molecule has 1 aromatic rings.